The standard InChI is InChI=1S/C40H31N6O3/c1-28-16-21-35-34(22-28)40(32(23-41)24-42,39(47)44(35)26-30-12-6-3-7-13-30)38(31-17-19-33(20-18-31)46(48)49)45-27-43(25-29-10-4-2-5-11-29)36-14-8-9-15-37(36)45/h2-22,27,38,41H,25-26H2,1H3/q+1. The second-order valence-electron chi connectivity index (χ2n) is 12.2. The van der Waals surface area contributed by atoms with Crippen molar-refractivity contribution in [2.45, 2.75) is 31.5 Å². The van der Waals surface area contributed by atoms with Gasteiger partial charge in [-0.15, -0.1) is 0 Å². The van der Waals surface area contributed by atoms with Crippen molar-refractivity contribution in [3.05, 3.63) is 177 Å². The highest BCUT2D eigenvalue weighted by molar-refractivity contribution is 6.13. The Morgan fingerprint density at radius 1 is 0.918 bits per heavy atom. The number of nitro groups is 1. The monoisotopic (exact) mass is 643 g/mol. The Labute approximate surface area is 282 Å². The van der Waals surface area contributed by atoms with Gasteiger partial charge in [0, 0.05) is 23.4 Å². The number of aromatic nitrogens is 2. The minimum absolute atomic E-state index is 0.101. The number of amides is 1. The Bertz CT molecular complexity index is 2320. The van der Waals surface area contributed by atoms with Crippen molar-refractivity contribution < 1.29 is 14.3 Å². The van der Waals surface area contributed by atoms with Crippen LogP contribution in [0, 0.1) is 33.8 Å². The van der Waals surface area contributed by atoms with Gasteiger partial charge in [0.2, 0.25) is 12.2 Å². The first-order chi connectivity index (χ1) is 23.9. The quantitative estimate of drug-likeness (QED) is 0.0602. The zero-order valence-electron chi connectivity index (χ0n) is 26.7. The second-order valence-corrected chi connectivity index (χ2v) is 12.2. The molecule has 0 aliphatic carbocycles. The van der Waals surface area contributed by atoms with Gasteiger partial charge in [-0.2, -0.15) is 5.26 Å². The molecule has 7 rings (SSSR count). The average Bonchev–Trinajstić information content (AvgIpc) is 3.59. The summed E-state index contributed by atoms with van der Waals surface area (Å²) < 4.78 is 4.07. The van der Waals surface area contributed by atoms with Gasteiger partial charge in [0.15, 0.2) is 22.5 Å². The highest BCUT2D eigenvalue weighted by Crippen LogP contribution is 2.55. The fraction of sp³-hybridized carbons (Fsp3) is 0.125. The van der Waals surface area contributed by atoms with Crippen LogP contribution in [0.25, 0.3) is 11.0 Å². The molecular formula is C40H31N6O3+. The number of nitriles is 1. The molecule has 5 aromatic carbocycles. The molecular weight excluding hydrogens is 612 g/mol. The van der Waals surface area contributed by atoms with E-state index in [4.69, 9.17) is 5.41 Å². The summed E-state index contributed by atoms with van der Waals surface area (Å²) in [6.45, 7) is 2.69. The topological polar surface area (TPSA) is 120 Å². The van der Waals surface area contributed by atoms with Crippen molar-refractivity contribution >= 4 is 34.2 Å². The van der Waals surface area contributed by atoms with E-state index in [1.807, 2.05) is 121 Å². The lowest BCUT2D eigenvalue weighted by Gasteiger charge is -2.34. The van der Waals surface area contributed by atoms with Gasteiger partial charge in [-0.1, -0.05) is 90.5 Å². The van der Waals surface area contributed by atoms with Crippen LogP contribution in [0.3, 0.4) is 0 Å². The Morgan fingerprint density at radius 3 is 2.22 bits per heavy atom. The number of anilines is 1. The second kappa shape index (κ2) is 12.5. The number of carbonyl (C=O) groups excluding carboxylic acids is 1. The number of non-ortho nitro benzene ring substituents is 1. The third kappa shape index (κ3) is 5.17. The van der Waals surface area contributed by atoms with Crippen molar-refractivity contribution in [3.63, 3.8) is 0 Å². The van der Waals surface area contributed by atoms with Gasteiger partial charge < -0.3 is 4.90 Å². The molecule has 49 heavy (non-hydrogen) atoms. The highest BCUT2D eigenvalue weighted by atomic mass is 16.6. The molecule has 1 aromatic heterocycles. The van der Waals surface area contributed by atoms with Crippen LogP contribution in [0.15, 0.2) is 139 Å². The fourth-order valence-electron chi connectivity index (χ4n) is 7.13. The number of hydrogen-bond donors (Lipinski definition) is 1. The number of fused-ring (bicyclic) bond motifs is 2. The van der Waals surface area contributed by atoms with E-state index in [1.54, 1.807) is 17.0 Å². The van der Waals surface area contributed by atoms with Crippen molar-refractivity contribution in [3.8, 4) is 6.07 Å². The number of nitro benzene ring substituents is 1. The molecule has 0 fully saturated rings. The van der Waals surface area contributed by atoms with E-state index in [0.29, 0.717) is 23.4 Å². The van der Waals surface area contributed by atoms with Gasteiger partial charge in [-0.3, -0.25) is 20.3 Å². The third-order valence-electron chi connectivity index (χ3n) is 9.30. The molecule has 2 unspecified atom stereocenters. The number of benzene rings is 5. The molecule has 9 nitrogen and oxygen atoms in total. The summed E-state index contributed by atoms with van der Waals surface area (Å²) in [4.78, 5) is 28.4. The van der Waals surface area contributed by atoms with Crippen LogP contribution in [0.5, 0.6) is 0 Å². The first-order valence-corrected chi connectivity index (χ1v) is 15.8. The maximum absolute atomic E-state index is 15.5. The van der Waals surface area contributed by atoms with Gasteiger partial charge in [0.05, 0.1) is 11.5 Å². The Balaban J connectivity index is 1.56. The molecule has 1 N–H and O–H groups in total. The minimum atomic E-state index is -1.75. The fourth-order valence-corrected chi connectivity index (χ4v) is 7.13. The third-order valence-corrected chi connectivity index (χ3v) is 9.30. The van der Waals surface area contributed by atoms with E-state index < -0.39 is 16.4 Å². The number of imidazole rings is 1. The molecule has 2 heterocycles. The van der Waals surface area contributed by atoms with Gasteiger partial charge >= 0.3 is 0 Å². The SMILES string of the molecule is Cc1ccc2c(c1)C(C(=C=N)C#N)(C(c1ccc([N+](=O)[O-])cc1)n1c[n+](Cc3ccccc3)c3ccccc31)C(=O)N2Cc1ccccc1. The van der Waals surface area contributed by atoms with Crippen molar-refractivity contribution in [1.82, 2.24) is 4.57 Å². The summed E-state index contributed by atoms with van der Waals surface area (Å²) in [7, 11) is 0. The van der Waals surface area contributed by atoms with E-state index in [1.165, 1.54) is 12.1 Å². The van der Waals surface area contributed by atoms with E-state index >= 15 is 4.79 Å². The van der Waals surface area contributed by atoms with Crippen LogP contribution < -0.4 is 9.47 Å². The molecule has 0 radical (unpaired) electrons. The van der Waals surface area contributed by atoms with Crippen LogP contribution in [-0.2, 0) is 23.3 Å². The lowest BCUT2D eigenvalue weighted by molar-refractivity contribution is -0.663. The minimum Gasteiger partial charge on any atom is -0.306 e. The summed E-state index contributed by atoms with van der Waals surface area (Å²) in [5, 5.41) is 31.0. The first kappa shape index (κ1) is 31.0. The largest absolute Gasteiger partial charge is 0.306 e. The number of para-hydroxylation sites is 2. The molecule has 0 spiro atoms. The molecule has 2 atom stereocenters. The number of aryl methyl sites for hydroxylation is 1. The molecule has 0 saturated heterocycles. The number of rotatable bonds is 9. The average molecular weight is 644 g/mol. The van der Waals surface area contributed by atoms with E-state index in [2.05, 4.69) is 16.5 Å². The van der Waals surface area contributed by atoms with Crippen molar-refractivity contribution in [2.24, 2.45) is 0 Å². The maximum Gasteiger partial charge on any atom is 0.269 e. The molecule has 238 valence electrons. The van der Waals surface area contributed by atoms with E-state index in [-0.39, 0.29) is 23.7 Å². The summed E-state index contributed by atoms with van der Waals surface area (Å²) in [6, 6.07) is 40.6. The molecule has 6 aromatic rings. The van der Waals surface area contributed by atoms with Gasteiger partial charge in [0.25, 0.3) is 5.69 Å². The smallest absolute Gasteiger partial charge is 0.269 e. The molecule has 0 bridgehead atoms. The van der Waals surface area contributed by atoms with Crippen LogP contribution in [0.1, 0.15) is 33.9 Å². The van der Waals surface area contributed by atoms with Gasteiger partial charge in [0.1, 0.15) is 18.2 Å². The van der Waals surface area contributed by atoms with Gasteiger partial charge in [-0.25, -0.2) is 9.13 Å². The van der Waals surface area contributed by atoms with Gasteiger partial charge in [-0.05, 0) is 59.8 Å². The Kier molecular flexibility index (Phi) is 7.93. The highest BCUT2D eigenvalue weighted by Gasteiger charge is 2.62. The van der Waals surface area contributed by atoms with Crippen molar-refractivity contribution in [2.75, 3.05) is 4.90 Å². The molecule has 1 aliphatic heterocycles. The van der Waals surface area contributed by atoms with Crippen LogP contribution in [0.4, 0.5) is 11.4 Å². The predicted molar refractivity (Wildman–Crippen MR) is 186 cm³/mol. The summed E-state index contributed by atoms with van der Waals surface area (Å²) in [5.41, 5.74) is 4.26. The van der Waals surface area contributed by atoms with E-state index in [9.17, 15) is 15.4 Å². The first-order valence-electron chi connectivity index (χ1n) is 15.8. The lowest BCUT2D eigenvalue weighted by atomic mass is 9.67. The number of hydrogen-bond acceptors (Lipinski definition) is 5. The zero-order valence-corrected chi connectivity index (χ0v) is 26.7. The normalized spacial score (nSPS) is 15.8. The molecule has 0 saturated carbocycles. The maximum atomic E-state index is 15.5. The zero-order chi connectivity index (χ0) is 34.1. The molecule has 1 amide bonds. The lowest BCUT2D eigenvalue weighted by Crippen LogP contribution is -2.48. The van der Waals surface area contributed by atoms with Crippen LogP contribution in [-0.4, -0.2) is 21.3 Å². The summed E-state index contributed by atoms with van der Waals surface area (Å²) >= 11 is 0. The Morgan fingerprint density at radius 2 is 1.57 bits per heavy atom. The van der Waals surface area contributed by atoms with E-state index in [0.717, 1.165) is 27.7 Å². The predicted octanol–water partition coefficient (Wildman–Crippen LogP) is 6.97. The van der Waals surface area contributed by atoms with Crippen LogP contribution in [0.2, 0.25) is 0 Å². The summed E-state index contributed by atoms with van der Waals surface area (Å²) in [6.07, 6.45) is 1.94. The molecule has 9 heteroatoms. The number of nitrogens with zero attached hydrogens (tertiary/aromatic N) is 5. The van der Waals surface area contributed by atoms with Crippen LogP contribution >= 0.6 is 0 Å². The summed E-state index contributed by atoms with van der Waals surface area (Å²) in [5.74, 6) is 2.00. The number of nitrogens with one attached hydrogen (secondary N) is 1. The Hall–Kier alpha value is -6.62. The molecule has 1 aliphatic rings. The number of carbonyl (C=O) groups is 1. The van der Waals surface area contributed by atoms with Crippen molar-refractivity contribution in [1.29, 1.82) is 10.7 Å².